The molecule has 19 heavy (non-hydrogen) atoms. The Labute approximate surface area is 116 Å². The number of carbonyl (C=O) groups is 3. The van der Waals surface area contributed by atoms with Gasteiger partial charge in [0.05, 0.1) is 11.5 Å². The summed E-state index contributed by atoms with van der Waals surface area (Å²) in [6, 6.07) is 0. The van der Waals surface area contributed by atoms with Crippen molar-refractivity contribution in [1.82, 2.24) is 10.2 Å². The number of rotatable bonds is 7. The van der Waals surface area contributed by atoms with Crippen molar-refractivity contribution in [3.05, 3.63) is 0 Å². The third-order valence-corrected chi connectivity index (χ3v) is 3.85. The number of thioether (sulfide) groups is 1. The van der Waals surface area contributed by atoms with Crippen LogP contribution in [0.5, 0.6) is 0 Å². The zero-order valence-electron chi connectivity index (χ0n) is 11.1. The Hall–Kier alpha value is -1.24. The predicted octanol–water partition coefficient (Wildman–Crippen LogP) is 0.179. The van der Waals surface area contributed by atoms with Crippen LogP contribution in [0.3, 0.4) is 0 Å². The predicted molar refractivity (Wildman–Crippen MR) is 72.9 cm³/mol. The lowest BCUT2D eigenvalue weighted by Crippen LogP contribution is -2.43. The van der Waals surface area contributed by atoms with E-state index < -0.39 is 5.97 Å². The molecule has 0 aromatic heterocycles. The fourth-order valence-electron chi connectivity index (χ4n) is 1.88. The highest BCUT2D eigenvalue weighted by molar-refractivity contribution is 8.00. The quantitative estimate of drug-likeness (QED) is 0.698. The summed E-state index contributed by atoms with van der Waals surface area (Å²) >= 11 is 1.06. The zero-order chi connectivity index (χ0) is 14.3. The lowest BCUT2D eigenvalue weighted by atomic mass is 9.99. The first kappa shape index (κ1) is 15.8. The number of aliphatic carboxylic acids is 1. The zero-order valence-corrected chi connectivity index (χ0v) is 11.9. The van der Waals surface area contributed by atoms with E-state index in [-0.39, 0.29) is 23.3 Å². The van der Waals surface area contributed by atoms with Crippen molar-refractivity contribution in [2.24, 2.45) is 5.92 Å². The molecule has 2 N–H and O–H groups in total. The molecule has 1 aliphatic heterocycles. The van der Waals surface area contributed by atoms with Gasteiger partial charge in [0.1, 0.15) is 0 Å². The topological polar surface area (TPSA) is 86.7 Å². The van der Waals surface area contributed by atoms with Gasteiger partial charge in [-0.05, 0) is 12.3 Å². The second-order valence-electron chi connectivity index (χ2n) is 4.72. The molecule has 0 unspecified atom stereocenters. The number of amides is 2. The molecule has 0 aromatic rings. The van der Waals surface area contributed by atoms with Crippen LogP contribution in [0.4, 0.5) is 0 Å². The van der Waals surface area contributed by atoms with Crippen molar-refractivity contribution in [1.29, 1.82) is 0 Å². The van der Waals surface area contributed by atoms with E-state index in [0.717, 1.165) is 24.7 Å². The van der Waals surface area contributed by atoms with Gasteiger partial charge in [-0.1, -0.05) is 6.92 Å². The molecular formula is C12H20N2O4S. The van der Waals surface area contributed by atoms with E-state index in [2.05, 4.69) is 12.2 Å². The molecule has 6 nitrogen and oxygen atoms in total. The summed E-state index contributed by atoms with van der Waals surface area (Å²) in [5.41, 5.74) is 0. The number of carboxylic acid groups (broad SMARTS) is 1. The third kappa shape index (κ3) is 6.47. The Morgan fingerprint density at radius 1 is 1.47 bits per heavy atom. The standard InChI is InChI=1S/C12H20N2O4S/c1-9-2-4-14(11(16)6-9)5-3-13-10(15)7-19-8-12(17)18/h9H,2-8H2,1H3,(H,13,15)(H,17,18)/t9-/m1/s1. The number of nitrogens with zero attached hydrogens (tertiary/aromatic N) is 1. The molecule has 2 amide bonds. The number of likely N-dealkylation sites (tertiary alicyclic amines) is 1. The van der Waals surface area contributed by atoms with Gasteiger partial charge in [-0.15, -0.1) is 11.8 Å². The van der Waals surface area contributed by atoms with Gasteiger partial charge in [0.2, 0.25) is 11.8 Å². The van der Waals surface area contributed by atoms with Gasteiger partial charge in [0.15, 0.2) is 0 Å². The third-order valence-electron chi connectivity index (χ3n) is 2.93. The molecule has 1 fully saturated rings. The van der Waals surface area contributed by atoms with E-state index in [0.29, 0.717) is 25.4 Å². The summed E-state index contributed by atoms with van der Waals surface area (Å²) in [4.78, 5) is 35.1. The van der Waals surface area contributed by atoms with Crippen molar-refractivity contribution in [2.75, 3.05) is 31.1 Å². The van der Waals surface area contributed by atoms with Crippen LogP contribution in [0.15, 0.2) is 0 Å². The van der Waals surface area contributed by atoms with E-state index in [4.69, 9.17) is 5.11 Å². The first-order valence-corrected chi connectivity index (χ1v) is 7.48. The molecule has 0 bridgehead atoms. The van der Waals surface area contributed by atoms with Gasteiger partial charge < -0.3 is 15.3 Å². The SMILES string of the molecule is C[C@@H]1CCN(CCNC(=O)CSCC(=O)O)C(=O)C1. The van der Waals surface area contributed by atoms with Crippen molar-refractivity contribution < 1.29 is 19.5 Å². The van der Waals surface area contributed by atoms with Gasteiger partial charge in [-0.25, -0.2) is 0 Å². The molecule has 0 saturated carbocycles. The maximum absolute atomic E-state index is 11.7. The van der Waals surface area contributed by atoms with E-state index >= 15 is 0 Å². The second kappa shape index (κ2) is 8.04. The molecule has 7 heteroatoms. The minimum Gasteiger partial charge on any atom is -0.481 e. The fourth-order valence-corrected chi connectivity index (χ4v) is 2.44. The van der Waals surface area contributed by atoms with Crippen molar-refractivity contribution in [2.45, 2.75) is 19.8 Å². The summed E-state index contributed by atoms with van der Waals surface area (Å²) in [5.74, 6) is -0.457. The van der Waals surface area contributed by atoms with Crippen LogP contribution in [0.1, 0.15) is 19.8 Å². The van der Waals surface area contributed by atoms with Crippen LogP contribution < -0.4 is 5.32 Å². The van der Waals surface area contributed by atoms with Gasteiger partial charge in [0, 0.05) is 26.1 Å². The normalized spacial score (nSPS) is 19.3. The lowest BCUT2D eigenvalue weighted by Gasteiger charge is -2.30. The number of hydrogen-bond acceptors (Lipinski definition) is 4. The van der Waals surface area contributed by atoms with Crippen LogP contribution >= 0.6 is 11.8 Å². The van der Waals surface area contributed by atoms with Crippen molar-refractivity contribution >= 4 is 29.5 Å². The van der Waals surface area contributed by atoms with Crippen LogP contribution in [-0.4, -0.2) is 58.9 Å². The maximum Gasteiger partial charge on any atom is 0.313 e. The molecule has 0 aromatic carbocycles. The number of nitrogens with one attached hydrogen (secondary N) is 1. The van der Waals surface area contributed by atoms with Gasteiger partial charge >= 0.3 is 5.97 Å². The van der Waals surface area contributed by atoms with E-state index in [1.54, 1.807) is 4.90 Å². The maximum atomic E-state index is 11.7. The highest BCUT2D eigenvalue weighted by atomic mass is 32.2. The Morgan fingerprint density at radius 3 is 2.84 bits per heavy atom. The molecule has 0 radical (unpaired) electrons. The number of carbonyl (C=O) groups excluding carboxylic acids is 2. The minimum atomic E-state index is -0.925. The monoisotopic (exact) mass is 288 g/mol. The highest BCUT2D eigenvalue weighted by Gasteiger charge is 2.22. The smallest absolute Gasteiger partial charge is 0.313 e. The van der Waals surface area contributed by atoms with Crippen molar-refractivity contribution in [3.8, 4) is 0 Å². The molecule has 108 valence electrons. The summed E-state index contributed by atoms with van der Waals surface area (Å²) in [5, 5.41) is 11.1. The molecule has 1 saturated heterocycles. The van der Waals surface area contributed by atoms with Crippen molar-refractivity contribution in [3.63, 3.8) is 0 Å². The first-order valence-electron chi connectivity index (χ1n) is 6.33. The Kier molecular flexibility index (Phi) is 6.69. The Balaban J connectivity index is 2.11. The van der Waals surface area contributed by atoms with Gasteiger partial charge in [-0.2, -0.15) is 0 Å². The first-order chi connectivity index (χ1) is 8.99. The Bertz CT molecular complexity index is 349. The number of carboxylic acids is 1. The van der Waals surface area contributed by atoms with Crippen LogP contribution in [-0.2, 0) is 14.4 Å². The van der Waals surface area contributed by atoms with E-state index in [1.807, 2.05) is 0 Å². The van der Waals surface area contributed by atoms with Crippen LogP contribution in [0, 0.1) is 5.92 Å². The molecule has 1 rings (SSSR count). The second-order valence-corrected chi connectivity index (χ2v) is 5.70. The van der Waals surface area contributed by atoms with Crippen LogP contribution in [0.2, 0.25) is 0 Å². The molecular weight excluding hydrogens is 268 g/mol. The molecule has 1 heterocycles. The van der Waals surface area contributed by atoms with Gasteiger partial charge in [0.25, 0.3) is 0 Å². The summed E-state index contributed by atoms with van der Waals surface area (Å²) in [7, 11) is 0. The van der Waals surface area contributed by atoms with E-state index in [1.165, 1.54) is 0 Å². The average molecular weight is 288 g/mol. The lowest BCUT2D eigenvalue weighted by molar-refractivity contribution is -0.135. The molecule has 1 atom stereocenters. The minimum absolute atomic E-state index is 0.0735. The number of piperidine rings is 1. The molecule has 0 aliphatic carbocycles. The fraction of sp³-hybridized carbons (Fsp3) is 0.750. The van der Waals surface area contributed by atoms with E-state index in [9.17, 15) is 14.4 Å². The van der Waals surface area contributed by atoms with Gasteiger partial charge in [-0.3, -0.25) is 14.4 Å². The highest BCUT2D eigenvalue weighted by Crippen LogP contribution is 2.16. The number of hydrogen-bond donors (Lipinski definition) is 2. The van der Waals surface area contributed by atoms with Crippen LogP contribution in [0.25, 0.3) is 0 Å². The summed E-state index contributed by atoms with van der Waals surface area (Å²) in [6.07, 6.45) is 1.59. The average Bonchev–Trinajstić information content (AvgIpc) is 2.31. The Morgan fingerprint density at radius 2 is 2.21 bits per heavy atom. The summed E-state index contributed by atoms with van der Waals surface area (Å²) < 4.78 is 0. The largest absolute Gasteiger partial charge is 0.481 e. The molecule has 1 aliphatic rings. The molecule has 0 spiro atoms. The summed E-state index contributed by atoms with van der Waals surface area (Å²) in [6.45, 7) is 3.77.